The molecule has 0 aromatic heterocycles. The van der Waals surface area contributed by atoms with Crippen molar-refractivity contribution in [2.45, 2.75) is 18.6 Å². The molecule has 1 saturated heterocycles. The fourth-order valence-electron chi connectivity index (χ4n) is 1.36. The van der Waals surface area contributed by atoms with Gasteiger partial charge in [-0.2, -0.15) is 0 Å². The molecule has 1 heterocycles. The number of likely N-dealkylation sites (tertiary alicyclic amines) is 1. The smallest absolute Gasteiger partial charge is 0.326 e. The van der Waals surface area contributed by atoms with Gasteiger partial charge in [-0.3, -0.25) is 9.59 Å². The molecule has 2 atom stereocenters. The van der Waals surface area contributed by atoms with E-state index < -0.39 is 18.1 Å². The standard InChI is InChI=1S/C7H9NO5/c9-3-8-2-5(13-4-10)1-6(8)7(11)12/h3-6H,1-2H2,(H,11,12)/t5-,6+/m1/s1. The van der Waals surface area contributed by atoms with Gasteiger partial charge >= 0.3 is 5.97 Å². The minimum absolute atomic E-state index is 0.152. The monoisotopic (exact) mass is 187 g/mol. The van der Waals surface area contributed by atoms with Crippen molar-refractivity contribution in [1.29, 1.82) is 0 Å². The van der Waals surface area contributed by atoms with E-state index in [-0.39, 0.29) is 19.4 Å². The molecule has 1 fully saturated rings. The molecule has 6 nitrogen and oxygen atoms in total. The molecule has 0 unspecified atom stereocenters. The van der Waals surface area contributed by atoms with Crippen LogP contribution in [0.15, 0.2) is 0 Å². The topological polar surface area (TPSA) is 83.9 Å². The molecule has 1 N–H and O–H groups in total. The number of rotatable bonds is 4. The van der Waals surface area contributed by atoms with Crippen molar-refractivity contribution in [3.8, 4) is 0 Å². The van der Waals surface area contributed by atoms with Gasteiger partial charge in [0, 0.05) is 6.42 Å². The molecule has 1 amide bonds. The summed E-state index contributed by atoms with van der Waals surface area (Å²) in [7, 11) is 0. The molecule has 0 aromatic rings. The van der Waals surface area contributed by atoms with E-state index in [4.69, 9.17) is 5.11 Å². The highest BCUT2D eigenvalue weighted by atomic mass is 16.5. The number of ether oxygens (including phenoxy) is 1. The molecule has 0 aliphatic carbocycles. The molecular weight excluding hydrogens is 178 g/mol. The van der Waals surface area contributed by atoms with Crippen LogP contribution in [0.5, 0.6) is 0 Å². The van der Waals surface area contributed by atoms with Crippen molar-refractivity contribution >= 4 is 18.9 Å². The summed E-state index contributed by atoms with van der Waals surface area (Å²) in [6.45, 7) is 0.414. The second-order valence-corrected chi connectivity index (χ2v) is 2.75. The Morgan fingerprint density at radius 3 is 2.62 bits per heavy atom. The Bertz CT molecular complexity index is 229. The Hall–Kier alpha value is -1.59. The van der Waals surface area contributed by atoms with Crippen molar-refractivity contribution in [3.63, 3.8) is 0 Å². The summed E-state index contributed by atoms with van der Waals surface area (Å²) in [6.07, 6.45) is 0.114. The van der Waals surface area contributed by atoms with Gasteiger partial charge in [-0.1, -0.05) is 0 Å². The summed E-state index contributed by atoms with van der Waals surface area (Å²) in [6, 6.07) is -0.873. The van der Waals surface area contributed by atoms with Crippen LogP contribution in [-0.2, 0) is 19.1 Å². The molecule has 13 heavy (non-hydrogen) atoms. The summed E-state index contributed by atoms with van der Waals surface area (Å²) in [5, 5.41) is 8.66. The van der Waals surface area contributed by atoms with E-state index >= 15 is 0 Å². The zero-order valence-electron chi connectivity index (χ0n) is 6.75. The lowest BCUT2D eigenvalue weighted by atomic mass is 10.2. The van der Waals surface area contributed by atoms with E-state index in [1.807, 2.05) is 0 Å². The van der Waals surface area contributed by atoms with E-state index in [0.717, 1.165) is 4.90 Å². The van der Waals surface area contributed by atoms with Crippen LogP contribution >= 0.6 is 0 Å². The summed E-state index contributed by atoms with van der Waals surface area (Å²) >= 11 is 0. The van der Waals surface area contributed by atoms with Gasteiger partial charge in [-0.15, -0.1) is 0 Å². The molecule has 1 rings (SSSR count). The lowest BCUT2D eigenvalue weighted by Gasteiger charge is -2.13. The van der Waals surface area contributed by atoms with Crippen LogP contribution in [0.3, 0.4) is 0 Å². The van der Waals surface area contributed by atoms with Gasteiger partial charge in [0.1, 0.15) is 12.1 Å². The molecule has 0 bridgehead atoms. The molecule has 6 heteroatoms. The minimum Gasteiger partial charge on any atom is -0.480 e. The maximum absolute atomic E-state index is 10.6. The van der Waals surface area contributed by atoms with Crippen LogP contribution < -0.4 is 0 Å². The number of amides is 1. The maximum Gasteiger partial charge on any atom is 0.326 e. The number of hydrogen-bond acceptors (Lipinski definition) is 4. The molecule has 0 spiro atoms. The molecule has 0 saturated carbocycles. The Morgan fingerprint density at radius 1 is 1.54 bits per heavy atom. The van der Waals surface area contributed by atoms with Gasteiger partial charge in [0.25, 0.3) is 6.47 Å². The number of carboxylic acids is 1. The van der Waals surface area contributed by atoms with Crippen LogP contribution in [0, 0.1) is 0 Å². The van der Waals surface area contributed by atoms with Gasteiger partial charge < -0.3 is 14.7 Å². The molecular formula is C7H9NO5. The fourth-order valence-corrected chi connectivity index (χ4v) is 1.36. The third-order valence-electron chi connectivity index (χ3n) is 1.97. The molecule has 72 valence electrons. The number of carbonyl (C=O) groups excluding carboxylic acids is 2. The quantitative estimate of drug-likeness (QED) is 0.561. The molecule has 0 aromatic carbocycles. The van der Waals surface area contributed by atoms with E-state index in [9.17, 15) is 14.4 Å². The lowest BCUT2D eigenvalue weighted by molar-refractivity contribution is -0.144. The second-order valence-electron chi connectivity index (χ2n) is 2.75. The van der Waals surface area contributed by atoms with Crippen LogP contribution in [0.25, 0.3) is 0 Å². The zero-order valence-corrected chi connectivity index (χ0v) is 6.75. The Labute approximate surface area is 74.1 Å². The Kier molecular flexibility index (Phi) is 2.84. The number of nitrogens with zero attached hydrogens (tertiary/aromatic N) is 1. The lowest BCUT2D eigenvalue weighted by Crippen LogP contribution is -2.34. The predicted molar refractivity (Wildman–Crippen MR) is 39.7 cm³/mol. The molecule has 0 radical (unpaired) electrons. The van der Waals surface area contributed by atoms with Crippen molar-refractivity contribution < 1.29 is 24.2 Å². The summed E-state index contributed by atoms with van der Waals surface area (Å²) in [4.78, 5) is 32.0. The summed E-state index contributed by atoms with van der Waals surface area (Å²) < 4.78 is 4.57. The molecule has 1 aliphatic rings. The van der Waals surface area contributed by atoms with E-state index in [1.54, 1.807) is 0 Å². The van der Waals surface area contributed by atoms with Crippen molar-refractivity contribution in [1.82, 2.24) is 4.90 Å². The van der Waals surface area contributed by atoms with Crippen LogP contribution in [-0.4, -0.2) is 47.5 Å². The van der Waals surface area contributed by atoms with E-state index in [1.165, 1.54) is 0 Å². The minimum atomic E-state index is -1.08. The van der Waals surface area contributed by atoms with Crippen molar-refractivity contribution in [2.75, 3.05) is 6.54 Å². The zero-order chi connectivity index (χ0) is 9.84. The van der Waals surface area contributed by atoms with E-state index in [0.29, 0.717) is 6.41 Å². The average molecular weight is 187 g/mol. The summed E-state index contributed by atoms with van der Waals surface area (Å²) in [5.74, 6) is -1.08. The Balaban J connectivity index is 2.60. The largest absolute Gasteiger partial charge is 0.480 e. The van der Waals surface area contributed by atoms with Crippen LogP contribution in [0.4, 0.5) is 0 Å². The van der Waals surface area contributed by atoms with Gasteiger partial charge in [0.05, 0.1) is 6.54 Å². The van der Waals surface area contributed by atoms with Gasteiger partial charge in [-0.25, -0.2) is 4.79 Å². The highest BCUT2D eigenvalue weighted by Crippen LogP contribution is 2.18. The van der Waals surface area contributed by atoms with Gasteiger partial charge in [0.2, 0.25) is 6.41 Å². The highest BCUT2D eigenvalue weighted by Gasteiger charge is 2.36. The normalized spacial score (nSPS) is 26.9. The molecule has 1 aliphatic heterocycles. The summed E-state index contributed by atoms with van der Waals surface area (Å²) in [5.41, 5.74) is 0. The second kappa shape index (κ2) is 3.88. The maximum atomic E-state index is 10.6. The van der Waals surface area contributed by atoms with Crippen LogP contribution in [0.2, 0.25) is 0 Å². The third kappa shape index (κ3) is 1.95. The third-order valence-corrected chi connectivity index (χ3v) is 1.97. The van der Waals surface area contributed by atoms with Crippen molar-refractivity contribution in [2.24, 2.45) is 0 Å². The Morgan fingerprint density at radius 2 is 2.23 bits per heavy atom. The fraction of sp³-hybridized carbons (Fsp3) is 0.571. The number of hydrogen-bond donors (Lipinski definition) is 1. The number of carboxylic acid groups (broad SMARTS) is 1. The SMILES string of the molecule is O=CO[C@@H]1C[C@@H](C(=O)O)N(C=O)C1. The number of aliphatic carboxylic acids is 1. The first-order chi connectivity index (χ1) is 6.19. The van der Waals surface area contributed by atoms with Crippen molar-refractivity contribution in [3.05, 3.63) is 0 Å². The van der Waals surface area contributed by atoms with Crippen LogP contribution in [0.1, 0.15) is 6.42 Å². The highest BCUT2D eigenvalue weighted by molar-refractivity contribution is 5.77. The first-order valence-electron chi connectivity index (χ1n) is 3.72. The van der Waals surface area contributed by atoms with Gasteiger partial charge in [-0.05, 0) is 0 Å². The predicted octanol–water partition coefficient (Wildman–Crippen LogP) is -1.16. The van der Waals surface area contributed by atoms with E-state index in [2.05, 4.69) is 4.74 Å². The first-order valence-corrected chi connectivity index (χ1v) is 3.72. The van der Waals surface area contributed by atoms with Gasteiger partial charge in [0.15, 0.2) is 0 Å². The number of carbonyl (C=O) groups is 3. The average Bonchev–Trinajstić information content (AvgIpc) is 2.48. The first kappa shape index (κ1) is 9.50.